The van der Waals surface area contributed by atoms with E-state index in [1.54, 1.807) is 7.11 Å². The third-order valence-electron chi connectivity index (χ3n) is 6.59. The maximum Gasteiger partial charge on any atom is 0.162 e. The highest BCUT2D eigenvalue weighted by Gasteiger charge is 2.22. The molecule has 0 aromatic heterocycles. The number of aryl methyl sites for hydroxylation is 1. The minimum absolute atomic E-state index is 0.496. The standard InChI is InChI=1S/C31H36BrNO3/c1-4-17-33(5-2)18-19-35-26-14-11-24(12-15-26)31-27-21-30(36-22-23-9-7-6-8-10-23)29(34-3)20-25(27)13-16-28(31)32/h6-12,14-15,20-21H,4-5,13,16-19,22H2,1-3H3. The molecule has 0 spiro atoms. The first-order valence-corrected chi connectivity index (χ1v) is 13.6. The van der Waals surface area contributed by atoms with Crippen molar-refractivity contribution in [1.29, 1.82) is 0 Å². The van der Waals surface area contributed by atoms with Gasteiger partial charge in [0.1, 0.15) is 19.0 Å². The predicted molar refractivity (Wildman–Crippen MR) is 151 cm³/mol. The minimum Gasteiger partial charge on any atom is -0.493 e. The Morgan fingerprint density at radius 1 is 0.861 bits per heavy atom. The monoisotopic (exact) mass is 549 g/mol. The molecule has 3 aromatic rings. The van der Waals surface area contributed by atoms with Gasteiger partial charge >= 0.3 is 0 Å². The highest BCUT2D eigenvalue weighted by Crippen LogP contribution is 2.43. The number of halogens is 1. The Kier molecular flexibility index (Phi) is 9.48. The second kappa shape index (κ2) is 13.0. The van der Waals surface area contributed by atoms with Crippen LogP contribution in [0.4, 0.5) is 0 Å². The minimum atomic E-state index is 0.496. The molecule has 190 valence electrons. The van der Waals surface area contributed by atoms with Gasteiger partial charge in [0.2, 0.25) is 0 Å². The summed E-state index contributed by atoms with van der Waals surface area (Å²) in [5.41, 5.74) is 5.95. The summed E-state index contributed by atoms with van der Waals surface area (Å²) >= 11 is 3.87. The average Bonchev–Trinajstić information content (AvgIpc) is 2.92. The van der Waals surface area contributed by atoms with Gasteiger partial charge in [-0.3, -0.25) is 0 Å². The fraction of sp³-hybridized carbons (Fsp3) is 0.355. The highest BCUT2D eigenvalue weighted by atomic mass is 79.9. The lowest BCUT2D eigenvalue weighted by Crippen LogP contribution is -2.28. The number of likely N-dealkylation sites (N-methyl/N-ethyl adjacent to an activating group) is 1. The molecule has 0 radical (unpaired) electrons. The maximum absolute atomic E-state index is 6.22. The molecule has 0 heterocycles. The predicted octanol–water partition coefficient (Wildman–Crippen LogP) is 7.49. The van der Waals surface area contributed by atoms with Gasteiger partial charge in [0.25, 0.3) is 0 Å². The van der Waals surface area contributed by atoms with Gasteiger partial charge in [-0.2, -0.15) is 0 Å². The number of benzene rings is 3. The van der Waals surface area contributed by atoms with E-state index in [2.05, 4.69) is 83.2 Å². The molecule has 0 saturated heterocycles. The summed E-state index contributed by atoms with van der Waals surface area (Å²) in [6.07, 6.45) is 3.08. The molecule has 4 nitrogen and oxygen atoms in total. The zero-order chi connectivity index (χ0) is 25.3. The van der Waals surface area contributed by atoms with Gasteiger partial charge in [-0.05, 0) is 84.4 Å². The van der Waals surface area contributed by atoms with Crippen molar-refractivity contribution < 1.29 is 14.2 Å². The molecule has 0 amide bonds. The Morgan fingerprint density at radius 3 is 2.33 bits per heavy atom. The Hall–Kier alpha value is -2.76. The van der Waals surface area contributed by atoms with Gasteiger partial charge in [-0.25, -0.2) is 0 Å². The van der Waals surface area contributed by atoms with E-state index in [1.807, 2.05) is 18.2 Å². The summed E-state index contributed by atoms with van der Waals surface area (Å²) in [6, 6.07) is 22.9. The fourth-order valence-corrected chi connectivity index (χ4v) is 5.27. The van der Waals surface area contributed by atoms with Crippen LogP contribution in [0.3, 0.4) is 0 Å². The van der Waals surface area contributed by atoms with E-state index in [0.717, 1.165) is 60.9 Å². The molecule has 0 N–H and O–H groups in total. The lowest BCUT2D eigenvalue weighted by molar-refractivity contribution is 0.216. The van der Waals surface area contributed by atoms with Crippen LogP contribution in [0.15, 0.2) is 71.2 Å². The molecule has 1 aliphatic carbocycles. The molecule has 0 fully saturated rings. The van der Waals surface area contributed by atoms with Gasteiger partial charge in [0, 0.05) is 11.0 Å². The van der Waals surface area contributed by atoms with Crippen LogP contribution in [0, 0.1) is 0 Å². The van der Waals surface area contributed by atoms with E-state index in [-0.39, 0.29) is 0 Å². The molecule has 5 heteroatoms. The molecule has 0 saturated carbocycles. The van der Waals surface area contributed by atoms with Crippen molar-refractivity contribution in [1.82, 2.24) is 4.90 Å². The summed E-state index contributed by atoms with van der Waals surface area (Å²) in [5.74, 6) is 2.43. The molecule has 3 aromatic carbocycles. The summed E-state index contributed by atoms with van der Waals surface area (Å²) in [7, 11) is 1.70. The van der Waals surface area contributed by atoms with Crippen molar-refractivity contribution in [2.75, 3.05) is 33.4 Å². The van der Waals surface area contributed by atoms with Crippen LogP contribution in [-0.4, -0.2) is 38.3 Å². The number of allylic oxidation sites excluding steroid dienone is 1. The fourth-order valence-electron chi connectivity index (χ4n) is 4.63. The van der Waals surface area contributed by atoms with Crippen molar-refractivity contribution >= 4 is 21.5 Å². The van der Waals surface area contributed by atoms with E-state index < -0.39 is 0 Å². The molecule has 36 heavy (non-hydrogen) atoms. The third kappa shape index (κ3) is 6.51. The zero-order valence-corrected chi connectivity index (χ0v) is 23.1. The molecule has 0 atom stereocenters. The summed E-state index contributed by atoms with van der Waals surface area (Å²) in [5, 5.41) is 0. The van der Waals surface area contributed by atoms with Crippen LogP contribution in [0.5, 0.6) is 17.2 Å². The van der Waals surface area contributed by atoms with E-state index in [4.69, 9.17) is 14.2 Å². The normalized spacial score (nSPS) is 13.0. The first kappa shape index (κ1) is 26.3. The Morgan fingerprint density at radius 2 is 1.64 bits per heavy atom. The summed E-state index contributed by atoms with van der Waals surface area (Å²) in [4.78, 5) is 2.42. The number of fused-ring (bicyclic) bond motifs is 1. The first-order valence-electron chi connectivity index (χ1n) is 12.8. The highest BCUT2D eigenvalue weighted by molar-refractivity contribution is 9.11. The third-order valence-corrected chi connectivity index (χ3v) is 7.38. The Balaban J connectivity index is 1.53. The lowest BCUT2D eigenvalue weighted by Gasteiger charge is -2.24. The molecular weight excluding hydrogens is 514 g/mol. The number of methoxy groups -OCH3 is 1. The van der Waals surface area contributed by atoms with Gasteiger partial charge in [0.15, 0.2) is 11.5 Å². The van der Waals surface area contributed by atoms with Crippen molar-refractivity contribution in [3.63, 3.8) is 0 Å². The van der Waals surface area contributed by atoms with Crippen molar-refractivity contribution in [3.05, 3.63) is 93.5 Å². The number of rotatable bonds is 12. The quantitative estimate of drug-likeness (QED) is 0.234. The maximum atomic E-state index is 6.22. The Labute approximate surface area is 224 Å². The molecule has 0 aliphatic heterocycles. The second-order valence-corrected chi connectivity index (χ2v) is 9.98. The molecule has 4 rings (SSSR count). The number of hydrogen-bond donors (Lipinski definition) is 0. The zero-order valence-electron chi connectivity index (χ0n) is 21.6. The SMILES string of the molecule is CCCN(CC)CCOc1ccc(C2=C(Br)CCc3cc(OC)c(OCc4ccccc4)cc32)cc1. The van der Waals surface area contributed by atoms with E-state index in [9.17, 15) is 0 Å². The van der Waals surface area contributed by atoms with Crippen LogP contribution in [0.25, 0.3) is 5.57 Å². The molecule has 1 aliphatic rings. The van der Waals surface area contributed by atoms with Crippen molar-refractivity contribution in [2.45, 2.75) is 39.7 Å². The van der Waals surface area contributed by atoms with Crippen molar-refractivity contribution in [2.24, 2.45) is 0 Å². The summed E-state index contributed by atoms with van der Waals surface area (Å²) in [6.45, 7) is 8.73. The van der Waals surface area contributed by atoms with Crippen LogP contribution in [0.2, 0.25) is 0 Å². The van der Waals surface area contributed by atoms with Crippen molar-refractivity contribution in [3.8, 4) is 17.2 Å². The lowest BCUT2D eigenvalue weighted by atomic mass is 9.86. The van der Waals surface area contributed by atoms with Crippen LogP contribution < -0.4 is 14.2 Å². The Bertz CT molecular complexity index is 1160. The van der Waals surface area contributed by atoms with Gasteiger partial charge in [-0.15, -0.1) is 0 Å². The van der Waals surface area contributed by atoms with E-state index >= 15 is 0 Å². The molecule has 0 bridgehead atoms. The first-order chi connectivity index (χ1) is 17.6. The smallest absolute Gasteiger partial charge is 0.162 e. The number of ether oxygens (including phenoxy) is 3. The van der Waals surface area contributed by atoms with Crippen LogP contribution in [-0.2, 0) is 13.0 Å². The molecule has 0 unspecified atom stereocenters. The van der Waals surface area contributed by atoms with Crippen LogP contribution in [0.1, 0.15) is 48.9 Å². The average molecular weight is 551 g/mol. The van der Waals surface area contributed by atoms with E-state index in [0.29, 0.717) is 13.2 Å². The topological polar surface area (TPSA) is 30.9 Å². The van der Waals surface area contributed by atoms with Gasteiger partial charge in [0.05, 0.1) is 7.11 Å². The van der Waals surface area contributed by atoms with Gasteiger partial charge in [-0.1, -0.05) is 72.2 Å². The number of hydrogen-bond acceptors (Lipinski definition) is 4. The van der Waals surface area contributed by atoms with E-state index in [1.165, 1.54) is 27.6 Å². The number of nitrogens with zero attached hydrogens (tertiary/aromatic N) is 1. The van der Waals surface area contributed by atoms with Gasteiger partial charge < -0.3 is 19.1 Å². The second-order valence-electron chi connectivity index (χ2n) is 9.02. The molecular formula is C31H36BrNO3. The largest absolute Gasteiger partial charge is 0.493 e. The van der Waals surface area contributed by atoms with Crippen LogP contribution >= 0.6 is 15.9 Å². The summed E-state index contributed by atoms with van der Waals surface area (Å²) < 4.78 is 19.2.